The second kappa shape index (κ2) is 4.71. The van der Waals surface area contributed by atoms with Crippen LogP contribution in [0.1, 0.15) is 38.3 Å². The molecule has 3 N–H and O–H groups in total. The Balaban J connectivity index is 2.12. The fourth-order valence-corrected chi connectivity index (χ4v) is 3.23. The van der Waals surface area contributed by atoms with Crippen molar-refractivity contribution in [2.24, 2.45) is 0 Å². The van der Waals surface area contributed by atoms with Crippen LogP contribution in [0.2, 0.25) is 0 Å². The van der Waals surface area contributed by atoms with Gasteiger partial charge in [-0.2, -0.15) is 5.10 Å². The van der Waals surface area contributed by atoms with Crippen molar-refractivity contribution < 1.29 is 9.59 Å². The number of H-pyrrole nitrogens is 1. The van der Waals surface area contributed by atoms with Crippen LogP contribution in [0.3, 0.4) is 0 Å². The summed E-state index contributed by atoms with van der Waals surface area (Å²) in [4.78, 5) is 28.9. The lowest BCUT2D eigenvalue weighted by Crippen LogP contribution is -2.26. The van der Waals surface area contributed by atoms with Crippen molar-refractivity contribution >= 4 is 29.0 Å². The largest absolute Gasteiger partial charge is 0.354 e. The third-order valence-corrected chi connectivity index (χ3v) is 4.26. The van der Waals surface area contributed by atoms with Crippen molar-refractivity contribution in [3.63, 3.8) is 0 Å². The van der Waals surface area contributed by atoms with E-state index in [1.165, 1.54) is 11.3 Å². The molecular weight excluding hydrogens is 278 g/mol. The number of thiazole rings is 1. The Morgan fingerprint density at radius 1 is 1.55 bits per heavy atom. The molecule has 0 bridgehead atoms. The summed E-state index contributed by atoms with van der Waals surface area (Å²) in [7, 11) is 1.56. The number of carbonyl (C=O) groups is 2. The summed E-state index contributed by atoms with van der Waals surface area (Å²) < 4.78 is 0. The molecule has 3 heterocycles. The Morgan fingerprint density at radius 2 is 2.35 bits per heavy atom. The van der Waals surface area contributed by atoms with Gasteiger partial charge in [0.2, 0.25) is 5.91 Å². The SMILES string of the molecule is CNC(=O)c1[nH]nc2c1C(c1cnc(C)s1)CC(=O)N2. The van der Waals surface area contributed by atoms with E-state index in [1.54, 1.807) is 13.2 Å². The molecule has 1 atom stereocenters. The number of anilines is 1. The quantitative estimate of drug-likeness (QED) is 0.768. The van der Waals surface area contributed by atoms with Crippen LogP contribution in [0.15, 0.2) is 6.20 Å². The zero-order valence-corrected chi connectivity index (χ0v) is 11.8. The number of hydrogen-bond donors (Lipinski definition) is 3. The zero-order valence-electron chi connectivity index (χ0n) is 11.0. The number of hydrogen-bond acceptors (Lipinski definition) is 5. The van der Waals surface area contributed by atoms with E-state index in [2.05, 4.69) is 25.8 Å². The first-order valence-electron chi connectivity index (χ1n) is 6.12. The molecule has 0 fully saturated rings. The first-order chi connectivity index (χ1) is 9.60. The second-order valence-electron chi connectivity index (χ2n) is 4.53. The summed E-state index contributed by atoms with van der Waals surface area (Å²) in [6.07, 6.45) is 2.05. The van der Waals surface area contributed by atoms with Crippen LogP contribution >= 0.6 is 11.3 Å². The van der Waals surface area contributed by atoms with Crippen LogP contribution < -0.4 is 10.6 Å². The molecule has 20 heavy (non-hydrogen) atoms. The molecule has 7 nitrogen and oxygen atoms in total. The summed E-state index contributed by atoms with van der Waals surface area (Å²) in [6, 6.07) is 0. The Hall–Kier alpha value is -2.22. The van der Waals surface area contributed by atoms with E-state index in [0.29, 0.717) is 11.5 Å². The van der Waals surface area contributed by atoms with Crippen LogP contribution in [0, 0.1) is 6.92 Å². The molecule has 0 spiro atoms. The third kappa shape index (κ3) is 1.97. The minimum Gasteiger partial charge on any atom is -0.354 e. The molecule has 104 valence electrons. The average molecular weight is 291 g/mol. The Bertz CT molecular complexity index is 690. The fourth-order valence-electron chi connectivity index (χ4n) is 2.34. The topological polar surface area (TPSA) is 99.8 Å². The van der Waals surface area contributed by atoms with Crippen molar-refractivity contribution in [1.82, 2.24) is 20.5 Å². The maximum absolute atomic E-state index is 11.9. The molecule has 8 heteroatoms. The smallest absolute Gasteiger partial charge is 0.269 e. The first kappa shape index (κ1) is 12.8. The maximum atomic E-state index is 11.9. The third-order valence-electron chi connectivity index (χ3n) is 3.24. The van der Waals surface area contributed by atoms with Crippen molar-refractivity contribution in [3.8, 4) is 0 Å². The van der Waals surface area contributed by atoms with Gasteiger partial charge in [-0.15, -0.1) is 11.3 Å². The molecule has 2 aromatic heterocycles. The molecule has 1 aliphatic rings. The fraction of sp³-hybridized carbons (Fsp3) is 0.333. The van der Waals surface area contributed by atoms with Gasteiger partial charge in [0.15, 0.2) is 5.82 Å². The summed E-state index contributed by atoms with van der Waals surface area (Å²) in [5.41, 5.74) is 1.12. The van der Waals surface area contributed by atoms with E-state index in [0.717, 1.165) is 15.4 Å². The van der Waals surface area contributed by atoms with Crippen LogP contribution in [0.25, 0.3) is 0 Å². The number of fused-ring (bicyclic) bond motifs is 1. The first-order valence-corrected chi connectivity index (χ1v) is 6.94. The van der Waals surface area contributed by atoms with Crippen molar-refractivity contribution in [3.05, 3.63) is 27.3 Å². The summed E-state index contributed by atoms with van der Waals surface area (Å²) in [6.45, 7) is 1.91. The second-order valence-corrected chi connectivity index (χ2v) is 5.79. The number of aromatic amines is 1. The number of nitrogens with one attached hydrogen (secondary N) is 3. The normalized spacial score (nSPS) is 17.5. The average Bonchev–Trinajstić information content (AvgIpc) is 3.03. The van der Waals surface area contributed by atoms with Crippen LogP contribution in [0.5, 0.6) is 0 Å². The van der Waals surface area contributed by atoms with Crippen molar-refractivity contribution in [2.75, 3.05) is 12.4 Å². The van der Waals surface area contributed by atoms with Gasteiger partial charge in [0.1, 0.15) is 5.69 Å². The van der Waals surface area contributed by atoms with E-state index in [4.69, 9.17) is 0 Å². The molecule has 1 unspecified atom stereocenters. The highest BCUT2D eigenvalue weighted by Gasteiger charge is 2.34. The highest BCUT2D eigenvalue weighted by atomic mass is 32.1. The van der Waals surface area contributed by atoms with Crippen LogP contribution in [0.4, 0.5) is 5.82 Å². The van der Waals surface area contributed by atoms with Crippen molar-refractivity contribution in [2.45, 2.75) is 19.3 Å². The lowest BCUT2D eigenvalue weighted by atomic mass is 9.90. The Kier molecular flexibility index (Phi) is 3.01. The van der Waals surface area contributed by atoms with E-state index < -0.39 is 0 Å². The molecule has 0 aromatic carbocycles. The molecule has 0 saturated carbocycles. The lowest BCUT2D eigenvalue weighted by molar-refractivity contribution is -0.116. The Labute approximate surface area is 118 Å². The molecule has 3 rings (SSSR count). The van der Waals surface area contributed by atoms with Gasteiger partial charge in [0, 0.05) is 36.0 Å². The monoisotopic (exact) mass is 291 g/mol. The maximum Gasteiger partial charge on any atom is 0.269 e. The molecular formula is C12H13N5O2S. The predicted molar refractivity (Wildman–Crippen MR) is 73.9 cm³/mol. The zero-order chi connectivity index (χ0) is 14.3. The summed E-state index contributed by atoms with van der Waals surface area (Å²) in [5.74, 6) is -0.114. The van der Waals surface area contributed by atoms with Crippen LogP contribution in [-0.4, -0.2) is 34.0 Å². The highest BCUT2D eigenvalue weighted by molar-refractivity contribution is 7.11. The minimum absolute atomic E-state index is 0.108. The molecule has 2 amide bonds. The predicted octanol–water partition coefficient (Wildman–Crippen LogP) is 1.01. The number of aryl methyl sites for hydroxylation is 1. The van der Waals surface area contributed by atoms with Gasteiger partial charge in [0.25, 0.3) is 5.91 Å². The van der Waals surface area contributed by atoms with Gasteiger partial charge in [-0.25, -0.2) is 4.98 Å². The number of carbonyl (C=O) groups excluding carboxylic acids is 2. The highest BCUT2D eigenvalue weighted by Crippen LogP contribution is 2.39. The molecule has 1 aliphatic heterocycles. The van der Waals surface area contributed by atoms with E-state index in [1.807, 2.05) is 6.92 Å². The van der Waals surface area contributed by atoms with Gasteiger partial charge < -0.3 is 10.6 Å². The Morgan fingerprint density at radius 3 is 3.00 bits per heavy atom. The molecule has 2 aromatic rings. The molecule has 0 saturated heterocycles. The van der Waals surface area contributed by atoms with Gasteiger partial charge >= 0.3 is 0 Å². The van der Waals surface area contributed by atoms with Gasteiger partial charge in [-0.1, -0.05) is 0 Å². The van der Waals surface area contributed by atoms with Crippen molar-refractivity contribution in [1.29, 1.82) is 0 Å². The van der Waals surface area contributed by atoms with Gasteiger partial charge in [0.05, 0.1) is 5.01 Å². The van der Waals surface area contributed by atoms with E-state index >= 15 is 0 Å². The van der Waals surface area contributed by atoms with E-state index in [9.17, 15) is 9.59 Å². The van der Waals surface area contributed by atoms with E-state index in [-0.39, 0.29) is 24.2 Å². The summed E-state index contributed by atoms with van der Waals surface area (Å²) >= 11 is 1.53. The van der Waals surface area contributed by atoms with Gasteiger partial charge in [-0.05, 0) is 6.92 Å². The number of aromatic nitrogens is 3. The minimum atomic E-state index is -0.249. The molecule has 0 aliphatic carbocycles. The number of rotatable bonds is 2. The number of amides is 2. The number of nitrogens with zero attached hydrogens (tertiary/aromatic N) is 2. The van der Waals surface area contributed by atoms with Crippen LogP contribution in [-0.2, 0) is 4.79 Å². The lowest BCUT2D eigenvalue weighted by Gasteiger charge is -2.21. The standard InChI is InChI=1S/C12H13N5O2S/c1-5-14-4-7(20-5)6-3-8(18)15-11-9(6)10(16-17-11)12(19)13-2/h4,6H,3H2,1-2H3,(H,13,19)(H2,15,16,17,18). The molecule has 0 radical (unpaired) electrons. The summed E-state index contributed by atoms with van der Waals surface area (Å²) in [5, 5.41) is 12.9. The van der Waals surface area contributed by atoms with Gasteiger partial charge in [-0.3, -0.25) is 14.7 Å².